The van der Waals surface area contributed by atoms with Gasteiger partial charge in [0, 0.05) is 17.9 Å². The van der Waals surface area contributed by atoms with Crippen molar-refractivity contribution in [3.8, 4) is 5.88 Å². The summed E-state index contributed by atoms with van der Waals surface area (Å²) >= 11 is 1.52. The number of nitrogens with two attached hydrogens (primary N) is 1. The Kier molecular flexibility index (Phi) is 7.92. The number of anilines is 2. The summed E-state index contributed by atoms with van der Waals surface area (Å²) in [6.45, 7) is 2.85. The Bertz CT molecular complexity index is 1020. The summed E-state index contributed by atoms with van der Waals surface area (Å²) in [4.78, 5) is 34.8. The number of amides is 1. The van der Waals surface area contributed by atoms with E-state index in [0.717, 1.165) is 50.0 Å². The number of benzene rings is 1. The first kappa shape index (κ1) is 24.3. The molecular weight excluding hydrogens is 452 g/mol. The molecule has 1 aromatic carbocycles. The van der Waals surface area contributed by atoms with E-state index in [4.69, 9.17) is 15.6 Å². The first-order chi connectivity index (χ1) is 16.5. The molecule has 4 rings (SSSR count). The van der Waals surface area contributed by atoms with Crippen molar-refractivity contribution in [2.24, 2.45) is 5.92 Å². The van der Waals surface area contributed by atoms with Crippen LogP contribution in [0.1, 0.15) is 73.7 Å². The van der Waals surface area contributed by atoms with Crippen molar-refractivity contribution in [2.45, 2.75) is 62.9 Å². The molecule has 1 amide bonds. The fourth-order valence-electron chi connectivity index (χ4n) is 4.70. The third-order valence-electron chi connectivity index (χ3n) is 6.61. The van der Waals surface area contributed by atoms with Gasteiger partial charge in [-0.2, -0.15) is 4.98 Å². The number of carboxylic acids is 1. The number of carbonyl (C=O) groups excluding carboxylic acids is 1. The van der Waals surface area contributed by atoms with E-state index in [-0.39, 0.29) is 35.5 Å². The van der Waals surface area contributed by atoms with Crippen LogP contribution < -0.4 is 15.4 Å². The molecule has 0 radical (unpaired) electrons. The summed E-state index contributed by atoms with van der Waals surface area (Å²) in [5.41, 5.74) is 8.41. The van der Waals surface area contributed by atoms with Gasteiger partial charge in [-0.1, -0.05) is 37.2 Å². The molecular formula is C25H32N4O4S. The van der Waals surface area contributed by atoms with Crippen molar-refractivity contribution in [1.29, 1.82) is 0 Å². The molecule has 0 atom stereocenters. The zero-order chi connectivity index (χ0) is 24.1. The highest BCUT2D eigenvalue weighted by atomic mass is 32.2. The van der Waals surface area contributed by atoms with E-state index in [1.807, 2.05) is 12.1 Å². The first-order valence-corrected chi connectivity index (χ1v) is 13.0. The highest BCUT2D eigenvalue weighted by molar-refractivity contribution is 7.99. The van der Waals surface area contributed by atoms with Gasteiger partial charge in [-0.25, -0.2) is 4.98 Å². The summed E-state index contributed by atoms with van der Waals surface area (Å²) in [6, 6.07) is 8.08. The average molecular weight is 485 g/mol. The second-order valence-corrected chi connectivity index (χ2v) is 10.0. The number of carbonyl (C=O) groups is 2. The van der Waals surface area contributed by atoms with E-state index in [2.05, 4.69) is 29.0 Å². The van der Waals surface area contributed by atoms with Crippen molar-refractivity contribution in [3.63, 3.8) is 0 Å². The Morgan fingerprint density at radius 3 is 2.62 bits per heavy atom. The van der Waals surface area contributed by atoms with Crippen molar-refractivity contribution >= 4 is 35.1 Å². The standard InChI is InChI=1S/C25H32N4O4S/c1-2-3-14-34-25-27-22(26)21-23(28-25)33-13-12-29(24(21)32)19-10-8-18(9-11-19)17-6-4-16(5-7-17)15-20(30)31/h8-11,16-17H,2-7,12-15H2,1H3,(H,30,31)(H2,26,27,28). The molecule has 34 heavy (non-hydrogen) atoms. The first-order valence-electron chi connectivity index (χ1n) is 12.0. The van der Waals surface area contributed by atoms with Gasteiger partial charge in [0.05, 0.1) is 6.54 Å². The smallest absolute Gasteiger partial charge is 0.303 e. The number of aliphatic carboxylic acids is 1. The van der Waals surface area contributed by atoms with Crippen LogP contribution in [0.15, 0.2) is 29.4 Å². The van der Waals surface area contributed by atoms with Gasteiger partial charge in [-0.15, -0.1) is 0 Å². The molecule has 0 spiro atoms. The van der Waals surface area contributed by atoms with Gasteiger partial charge in [0.1, 0.15) is 18.0 Å². The van der Waals surface area contributed by atoms with Gasteiger partial charge in [0.2, 0.25) is 5.88 Å². The third kappa shape index (κ3) is 5.63. The largest absolute Gasteiger partial charge is 0.481 e. The molecule has 0 unspecified atom stereocenters. The van der Waals surface area contributed by atoms with Crippen LogP contribution in [0, 0.1) is 5.92 Å². The van der Waals surface area contributed by atoms with E-state index < -0.39 is 5.97 Å². The lowest BCUT2D eigenvalue weighted by Gasteiger charge is -2.28. The predicted molar refractivity (Wildman–Crippen MR) is 133 cm³/mol. The maximum Gasteiger partial charge on any atom is 0.303 e. The lowest BCUT2D eigenvalue weighted by Crippen LogP contribution is -2.32. The van der Waals surface area contributed by atoms with Gasteiger partial charge in [0.15, 0.2) is 5.16 Å². The number of nitrogen functional groups attached to an aromatic ring is 1. The van der Waals surface area contributed by atoms with Gasteiger partial charge < -0.3 is 20.5 Å². The molecule has 3 N–H and O–H groups in total. The number of ether oxygens (including phenoxy) is 1. The molecule has 2 heterocycles. The summed E-state index contributed by atoms with van der Waals surface area (Å²) < 4.78 is 5.81. The van der Waals surface area contributed by atoms with Crippen molar-refractivity contribution in [2.75, 3.05) is 29.5 Å². The molecule has 2 aliphatic rings. The molecule has 2 aromatic rings. The minimum Gasteiger partial charge on any atom is -0.481 e. The van der Waals surface area contributed by atoms with E-state index in [0.29, 0.717) is 24.2 Å². The molecule has 1 fully saturated rings. The van der Waals surface area contributed by atoms with Crippen molar-refractivity contribution in [3.05, 3.63) is 35.4 Å². The molecule has 9 heteroatoms. The predicted octanol–water partition coefficient (Wildman–Crippen LogP) is 4.74. The molecule has 8 nitrogen and oxygen atoms in total. The fraction of sp³-hybridized carbons (Fsp3) is 0.520. The number of aromatic nitrogens is 2. The maximum absolute atomic E-state index is 13.4. The van der Waals surface area contributed by atoms with Crippen LogP contribution in [0.25, 0.3) is 0 Å². The van der Waals surface area contributed by atoms with Crippen LogP contribution in [0.4, 0.5) is 11.5 Å². The second kappa shape index (κ2) is 11.1. The number of fused-ring (bicyclic) bond motifs is 1. The van der Waals surface area contributed by atoms with Crippen molar-refractivity contribution < 1.29 is 19.4 Å². The lowest BCUT2D eigenvalue weighted by atomic mass is 9.77. The van der Waals surface area contributed by atoms with Crippen LogP contribution in [-0.4, -0.2) is 45.9 Å². The SMILES string of the molecule is CCCCSc1nc(N)c2c(n1)OCCN(c1ccc(C3CCC(CC(=O)O)CC3)cc1)C2=O. The number of thioether (sulfide) groups is 1. The topological polar surface area (TPSA) is 119 Å². The van der Waals surface area contributed by atoms with E-state index in [1.54, 1.807) is 4.90 Å². The Morgan fingerprint density at radius 1 is 1.21 bits per heavy atom. The molecule has 1 aliphatic heterocycles. The zero-order valence-corrected chi connectivity index (χ0v) is 20.4. The van der Waals surface area contributed by atoms with Gasteiger partial charge in [-0.3, -0.25) is 9.59 Å². The average Bonchev–Trinajstić information content (AvgIpc) is 2.98. The number of nitrogens with zero attached hydrogens (tertiary/aromatic N) is 3. The number of hydrogen-bond donors (Lipinski definition) is 2. The molecule has 182 valence electrons. The van der Waals surface area contributed by atoms with Crippen LogP contribution >= 0.6 is 11.8 Å². The van der Waals surface area contributed by atoms with Gasteiger partial charge in [-0.05, 0) is 61.6 Å². The van der Waals surface area contributed by atoms with Gasteiger partial charge in [0.25, 0.3) is 5.91 Å². The number of hydrogen-bond acceptors (Lipinski definition) is 7. The molecule has 1 aliphatic carbocycles. The van der Waals surface area contributed by atoms with E-state index in [9.17, 15) is 9.59 Å². The van der Waals surface area contributed by atoms with Crippen LogP contribution in [0.3, 0.4) is 0 Å². The minimum atomic E-state index is -0.710. The maximum atomic E-state index is 13.4. The van der Waals surface area contributed by atoms with E-state index >= 15 is 0 Å². The number of carboxylic acid groups (broad SMARTS) is 1. The molecule has 0 saturated heterocycles. The Balaban J connectivity index is 1.46. The fourth-order valence-corrected chi connectivity index (χ4v) is 5.63. The van der Waals surface area contributed by atoms with Crippen LogP contribution in [0.5, 0.6) is 5.88 Å². The third-order valence-corrected chi connectivity index (χ3v) is 7.54. The van der Waals surface area contributed by atoms with Crippen LogP contribution in [-0.2, 0) is 4.79 Å². The summed E-state index contributed by atoms with van der Waals surface area (Å²) in [7, 11) is 0. The summed E-state index contributed by atoms with van der Waals surface area (Å²) in [6.07, 6.45) is 6.27. The quantitative estimate of drug-likeness (QED) is 0.313. The zero-order valence-electron chi connectivity index (χ0n) is 19.5. The van der Waals surface area contributed by atoms with E-state index in [1.165, 1.54) is 17.3 Å². The molecule has 1 aromatic heterocycles. The molecule has 0 bridgehead atoms. The summed E-state index contributed by atoms with van der Waals surface area (Å²) in [5, 5.41) is 9.56. The van der Waals surface area contributed by atoms with Gasteiger partial charge >= 0.3 is 5.97 Å². The second-order valence-electron chi connectivity index (χ2n) is 8.99. The Hall–Kier alpha value is -2.81. The van der Waals surface area contributed by atoms with Crippen molar-refractivity contribution in [1.82, 2.24) is 9.97 Å². The highest BCUT2D eigenvalue weighted by Gasteiger charge is 2.30. The van der Waals surface area contributed by atoms with Crippen LogP contribution in [0.2, 0.25) is 0 Å². The molecule has 1 saturated carbocycles. The summed E-state index contributed by atoms with van der Waals surface area (Å²) in [5.74, 6) is 1.04. The lowest BCUT2D eigenvalue weighted by molar-refractivity contribution is -0.138. The minimum absolute atomic E-state index is 0.149. The monoisotopic (exact) mass is 484 g/mol. The Morgan fingerprint density at radius 2 is 1.94 bits per heavy atom. The normalized spacial score (nSPS) is 20.4. The Labute approximate surface area is 204 Å². The number of rotatable bonds is 8. The highest BCUT2D eigenvalue weighted by Crippen LogP contribution is 2.38. The number of unbranched alkanes of at least 4 members (excludes halogenated alkanes) is 1.